The van der Waals surface area contributed by atoms with Crippen LogP contribution < -0.4 is 5.32 Å². The lowest BCUT2D eigenvalue weighted by molar-refractivity contribution is 0.540. The van der Waals surface area contributed by atoms with Crippen molar-refractivity contribution in [3.8, 4) is 0 Å². The van der Waals surface area contributed by atoms with Gasteiger partial charge in [0.15, 0.2) is 0 Å². The number of rotatable bonds is 2. The molecule has 0 spiro atoms. The molecule has 1 heteroatoms. The monoisotopic (exact) mass is 287 g/mol. The quantitative estimate of drug-likeness (QED) is 0.792. The number of fused-ring (bicyclic) bond motifs is 1. The van der Waals surface area contributed by atoms with Crippen LogP contribution in [0.4, 0.5) is 0 Å². The summed E-state index contributed by atoms with van der Waals surface area (Å²) in [5, 5.41) is 6.26. The first-order valence-electron chi connectivity index (χ1n) is 8.21. The number of benzene rings is 2. The molecule has 2 unspecified atom stereocenters. The minimum absolute atomic E-state index is 0.596. The Morgan fingerprint density at radius 1 is 0.818 bits per heavy atom. The van der Waals surface area contributed by atoms with Gasteiger partial charge in [-0.15, -0.1) is 0 Å². The van der Waals surface area contributed by atoms with Gasteiger partial charge in [0, 0.05) is 17.8 Å². The van der Waals surface area contributed by atoms with E-state index in [1.165, 1.54) is 41.3 Å². The SMILES string of the molecule is C1=CC=C(C2CCCC2c2cccc3ccccc23)NC=C1. The second kappa shape index (κ2) is 5.84. The van der Waals surface area contributed by atoms with Crippen molar-refractivity contribution in [2.45, 2.75) is 25.2 Å². The fourth-order valence-electron chi connectivity index (χ4n) is 3.98. The van der Waals surface area contributed by atoms with Crippen molar-refractivity contribution >= 4 is 10.8 Å². The zero-order chi connectivity index (χ0) is 14.8. The third-order valence-corrected chi connectivity index (χ3v) is 4.98. The maximum atomic E-state index is 3.49. The van der Waals surface area contributed by atoms with Crippen LogP contribution in [0.3, 0.4) is 0 Å². The highest BCUT2D eigenvalue weighted by molar-refractivity contribution is 5.86. The predicted octanol–water partition coefficient (Wildman–Crippen LogP) is 5.28. The fourth-order valence-corrected chi connectivity index (χ4v) is 3.98. The molecule has 22 heavy (non-hydrogen) atoms. The van der Waals surface area contributed by atoms with Gasteiger partial charge in [-0.25, -0.2) is 0 Å². The average molecular weight is 287 g/mol. The summed E-state index contributed by atoms with van der Waals surface area (Å²) in [7, 11) is 0. The maximum Gasteiger partial charge on any atom is 0.0184 e. The van der Waals surface area contributed by atoms with Crippen LogP contribution in [0.2, 0.25) is 0 Å². The van der Waals surface area contributed by atoms with Crippen LogP contribution in [0.1, 0.15) is 30.7 Å². The summed E-state index contributed by atoms with van der Waals surface area (Å²) in [6, 6.07) is 15.5. The van der Waals surface area contributed by atoms with Crippen molar-refractivity contribution in [2.24, 2.45) is 5.92 Å². The second-order valence-electron chi connectivity index (χ2n) is 6.22. The molecule has 1 heterocycles. The Hall–Kier alpha value is -2.28. The Bertz CT molecular complexity index is 761. The van der Waals surface area contributed by atoms with E-state index in [2.05, 4.69) is 72.1 Å². The molecular formula is C21H21N. The minimum Gasteiger partial charge on any atom is -0.365 e. The van der Waals surface area contributed by atoms with Gasteiger partial charge in [-0.05, 0) is 47.2 Å². The Morgan fingerprint density at radius 3 is 2.68 bits per heavy atom. The molecule has 0 amide bonds. The summed E-state index contributed by atoms with van der Waals surface area (Å²) in [5.41, 5.74) is 2.88. The van der Waals surface area contributed by atoms with Gasteiger partial charge in [-0.2, -0.15) is 0 Å². The summed E-state index contributed by atoms with van der Waals surface area (Å²) in [6.07, 6.45) is 14.4. The van der Waals surface area contributed by atoms with E-state index in [-0.39, 0.29) is 0 Å². The van der Waals surface area contributed by atoms with Crippen molar-refractivity contribution in [1.29, 1.82) is 0 Å². The lowest BCUT2D eigenvalue weighted by atomic mass is 9.84. The smallest absolute Gasteiger partial charge is 0.0184 e. The van der Waals surface area contributed by atoms with Crippen LogP contribution >= 0.6 is 0 Å². The number of hydrogen-bond acceptors (Lipinski definition) is 1. The summed E-state index contributed by atoms with van der Waals surface area (Å²) < 4.78 is 0. The van der Waals surface area contributed by atoms with Gasteiger partial charge < -0.3 is 5.32 Å². The van der Waals surface area contributed by atoms with E-state index in [0.717, 1.165) is 0 Å². The van der Waals surface area contributed by atoms with Gasteiger partial charge in [0.05, 0.1) is 0 Å². The lowest BCUT2D eigenvalue weighted by Gasteiger charge is -2.24. The van der Waals surface area contributed by atoms with Crippen molar-refractivity contribution < 1.29 is 0 Å². The number of allylic oxidation sites excluding steroid dienone is 5. The molecule has 4 rings (SSSR count). The highest BCUT2D eigenvalue weighted by atomic mass is 14.9. The van der Waals surface area contributed by atoms with E-state index >= 15 is 0 Å². The summed E-state index contributed by atoms with van der Waals surface area (Å²) in [5.74, 6) is 1.21. The van der Waals surface area contributed by atoms with E-state index in [0.29, 0.717) is 11.8 Å². The third kappa shape index (κ3) is 2.37. The van der Waals surface area contributed by atoms with Crippen LogP contribution in [0.25, 0.3) is 10.8 Å². The molecule has 2 aliphatic rings. The topological polar surface area (TPSA) is 12.0 Å². The molecule has 110 valence electrons. The van der Waals surface area contributed by atoms with Crippen molar-refractivity contribution in [1.82, 2.24) is 5.32 Å². The zero-order valence-corrected chi connectivity index (χ0v) is 12.7. The molecule has 2 aromatic rings. The standard InChI is InChI=1S/C21H21N/c1-2-14-21(22-15-5-1)20-13-7-12-19(20)18-11-6-9-16-8-3-4-10-17(16)18/h1-6,8-11,14-15,19-20,22H,7,12-13H2. The van der Waals surface area contributed by atoms with Crippen molar-refractivity contribution in [3.63, 3.8) is 0 Å². The lowest BCUT2D eigenvalue weighted by Crippen LogP contribution is -2.18. The molecule has 0 saturated heterocycles. The maximum absolute atomic E-state index is 3.49. The van der Waals surface area contributed by atoms with Crippen LogP contribution in [0, 0.1) is 5.92 Å². The van der Waals surface area contributed by atoms with E-state index in [9.17, 15) is 0 Å². The van der Waals surface area contributed by atoms with Crippen LogP contribution in [-0.4, -0.2) is 0 Å². The Balaban J connectivity index is 1.75. The normalized spacial score (nSPS) is 24.1. The molecular weight excluding hydrogens is 266 g/mol. The molecule has 1 nitrogen and oxygen atoms in total. The van der Waals surface area contributed by atoms with Crippen molar-refractivity contribution in [3.05, 3.63) is 84.2 Å². The Morgan fingerprint density at radius 2 is 1.68 bits per heavy atom. The molecule has 1 fully saturated rings. The summed E-state index contributed by atoms with van der Waals surface area (Å²) >= 11 is 0. The molecule has 1 saturated carbocycles. The first-order valence-corrected chi connectivity index (χ1v) is 8.21. The first kappa shape index (κ1) is 13.4. The predicted molar refractivity (Wildman–Crippen MR) is 93.5 cm³/mol. The first-order chi connectivity index (χ1) is 10.9. The van der Waals surface area contributed by atoms with Gasteiger partial charge in [0.1, 0.15) is 0 Å². The average Bonchev–Trinajstić information content (AvgIpc) is 2.89. The van der Waals surface area contributed by atoms with Crippen LogP contribution in [-0.2, 0) is 0 Å². The van der Waals surface area contributed by atoms with Gasteiger partial charge in [-0.1, -0.05) is 61.0 Å². The largest absolute Gasteiger partial charge is 0.365 e. The fraction of sp³-hybridized carbons (Fsp3) is 0.238. The zero-order valence-electron chi connectivity index (χ0n) is 12.7. The van der Waals surface area contributed by atoms with Crippen LogP contribution in [0.5, 0.6) is 0 Å². The highest BCUT2D eigenvalue weighted by Crippen LogP contribution is 2.45. The molecule has 1 aliphatic heterocycles. The summed E-state index contributed by atoms with van der Waals surface area (Å²) in [4.78, 5) is 0. The molecule has 1 N–H and O–H groups in total. The van der Waals surface area contributed by atoms with Crippen molar-refractivity contribution in [2.75, 3.05) is 0 Å². The molecule has 2 atom stereocenters. The van der Waals surface area contributed by atoms with Gasteiger partial charge in [0.25, 0.3) is 0 Å². The molecule has 0 radical (unpaired) electrons. The molecule has 1 aliphatic carbocycles. The van der Waals surface area contributed by atoms with E-state index in [4.69, 9.17) is 0 Å². The highest BCUT2D eigenvalue weighted by Gasteiger charge is 2.31. The third-order valence-electron chi connectivity index (χ3n) is 4.98. The Kier molecular flexibility index (Phi) is 3.56. The minimum atomic E-state index is 0.596. The van der Waals surface area contributed by atoms with Gasteiger partial charge >= 0.3 is 0 Å². The summed E-state index contributed by atoms with van der Waals surface area (Å²) in [6.45, 7) is 0. The van der Waals surface area contributed by atoms with Crippen LogP contribution in [0.15, 0.2) is 78.7 Å². The number of hydrogen-bond donors (Lipinski definition) is 1. The second-order valence-corrected chi connectivity index (χ2v) is 6.22. The number of nitrogens with one attached hydrogen (secondary N) is 1. The molecule has 0 aromatic heterocycles. The van der Waals surface area contributed by atoms with E-state index < -0.39 is 0 Å². The van der Waals surface area contributed by atoms with Gasteiger partial charge in [0.2, 0.25) is 0 Å². The molecule has 2 aromatic carbocycles. The van der Waals surface area contributed by atoms with Gasteiger partial charge in [-0.3, -0.25) is 0 Å². The Labute approximate surface area is 132 Å². The van der Waals surface area contributed by atoms with E-state index in [1.54, 1.807) is 0 Å². The molecule has 0 bridgehead atoms. The van der Waals surface area contributed by atoms with E-state index in [1.807, 2.05) is 6.20 Å².